The Morgan fingerprint density at radius 2 is 1.89 bits per heavy atom. The maximum Gasteiger partial charge on any atom is 0.412 e. The molecule has 0 saturated carbocycles. The number of nitrogens with one attached hydrogen (secondary N) is 1. The van der Waals surface area contributed by atoms with Crippen molar-refractivity contribution < 1.29 is 27.5 Å². The summed E-state index contributed by atoms with van der Waals surface area (Å²) in [5.41, 5.74) is 0.479. The van der Waals surface area contributed by atoms with Crippen LogP contribution < -0.4 is 15.0 Å². The molecule has 28 heavy (non-hydrogen) atoms. The van der Waals surface area contributed by atoms with E-state index in [9.17, 15) is 22.8 Å². The number of carbonyl (C=O) groups excluding carboxylic acids is 2. The molecule has 2 atom stereocenters. The van der Waals surface area contributed by atoms with Crippen LogP contribution in [0.1, 0.15) is 18.0 Å². The molecule has 2 aromatic carbocycles. The van der Waals surface area contributed by atoms with E-state index in [0.29, 0.717) is 11.4 Å². The molecule has 1 N–H and O–H groups in total. The number of hydrogen-bond donors (Lipinski definition) is 1. The highest BCUT2D eigenvalue weighted by molar-refractivity contribution is 6.00. The second-order valence-electron chi connectivity index (χ2n) is 6.50. The van der Waals surface area contributed by atoms with Crippen LogP contribution in [0.4, 0.5) is 18.9 Å². The summed E-state index contributed by atoms with van der Waals surface area (Å²) in [4.78, 5) is 26.2. The van der Waals surface area contributed by atoms with Gasteiger partial charge in [0.2, 0.25) is 11.8 Å². The van der Waals surface area contributed by atoms with Gasteiger partial charge in [-0.3, -0.25) is 9.59 Å². The number of benzene rings is 2. The molecular formula is C20H19F3N2O3. The van der Waals surface area contributed by atoms with Crippen molar-refractivity contribution >= 4 is 17.5 Å². The summed E-state index contributed by atoms with van der Waals surface area (Å²) in [5, 5.41) is 2.06. The van der Waals surface area contributed by atoms with Crippen molar-refractivity contribution in [2.45, 2.75) is 18.6 Å². The summed E-state index contributed by atoms with van der Waals surface area (Å²) in [5.74, 6) is -1.45. The number of methoxy groups -OCH3 is 1. The van der Waals surface area contributed by atoms with E-state index in [-0.39, 0.29) is 24.4 Å². The second kappa shape index (κ2) is 7.92. The van der Waals surface area contributed by atoms with Crippen molar-refractivity contribution in [1.82, 2.24) is 5.32 Å². The van der Waals surface area contributed by atoms with Crippen LogP contribution in [0, 0.1) is 5.92 Å². The lowest BCUT2D eigenvalue weighted by Gasteiger charge is -2.23. The Bertz CT molecular complexity index is 855. The van der Waals surface area contributed by atoms with Crippen molar-refractivity contribution in [3.05, 3.63) is 60.2 Å². The Hall–Kier alpha value is -3.03. The molecule has 2 unspecified atom stereocenters. The molecular weight excluding hydrogens is 373 g/mol. The van der Waals surface area contributed by atoms with Crippen molar-refractivity contribution in [2.24, 2.45) is 5.92 Å². The van der Waals surface area contributed by atoms with E-state index in [0.717, 1.165) is 0 Å². The Morgan fingerprint density at radius 3 is 2.54 bits per heavy atom. The second-order valence-corrected chi connectivity index (χ2v) is 6.50. The third kappa shape index (κ3) is 4.27. The molecule has 5 nitrogen and oxygen atoms in total. The summed E-state index contributed by atoms with van der Waals surface area (Å²) in [6, 6.07) is 11.8. The minimum atomic E-state index is -4.65. The first-order valence-electron chi connectivity index (χ1n) is 8.66. The zero-order valence-electron chi connectivity index (χ0n) is 15.1. The first-order chi connectivity index (χ1) is 13.3. The molecule has 1 saturated heterocycles. The molecule has 3 rings (SSSR count). The number of halogens is 3. The molecule has 0 radical (unpaired) electrons. The topological polar surface area (TPSA) is 58.6 Å². The van der Waals surface area contributed by atoms with Crippen LogP contribution in [0.3, 0.4) is 0 Å². The number of nitrogens with zero attached hydrogens (tertiary/aromatic N) is 1. The first kappa shape index (κ1) is 19.7. The fourth-order valence-electron chi connectivity index (χ4n) is 3.17. The average Bonchev–Trinajstić information content (AvgIpc) is 3.07. The molecule has 1 heterocycles. The molecule has 2 amide bonds. The Morgan fingerprint density at radius 1 is 1.18 bits per heavy atom. The lowest BCUT2D eigenvalue weighted by Crippen LogP contribution is -2.41. The van der Waals surface area contributed by atoms with E-state index in [4.69, 9.17) is 4.74 Å². The Labute approximate surface area is 160 Å². The van der Waals surface area contributed by atoms with E-state index in [1.165, 1.54) is 36.3 Å². The minimum Gasteiger partial charge on any atom is -0.497 e. The highest BCUT2D eigenvalue weighted by Gasteiger charge is 2.44. The van der Waals surface area contributed by atoms with Gasteiger partial charge in [-0.05, 0) is 17.7 Å². The average molecular weight is 392 g/mol. The largest absolute Gasteiger partial charge is 0.497 e. The van der Waals surface area contributed by atoms with Crippen LogP contribution in [-0.2, 0) is 9.59 Å². The molecule has 0 bridgehead atoms. The molecule has 1 aliphatic rings. The monoisotopic (exact) mass is 392 g/mol. The maximum atomic E-state index is 13.4. The Kier molecular flexibility index (Phi) is 5.58. The standard InChI is InChI=1S/C20H19F3N2O3/c1-28-16-9-5-8-15(11-16)25-12-14(10-17(25)26)19(27)24-18(20(21,22)23)13-6-3-2-4-7-13/h2-9,11,14,18H,10,12H2,1H3,(H,24,27). The lowest BCUT2D eigenvalue weighted by atomic mass is 10.0. The van der Waals surface area contributed by atoms with Gasteiger partial charge in [0.1, 0.15) is 5.75 Å². The fraction of sp³-hybridized carbons (Fsp3) is 0.300. The summed E-state index contributed by atoms with van der Waals surface area (Å²) in [6.07, 6.45) is -4.80. The van der Waals surface area contributed by atoms with Crippen LogP contribution in [0.25, 0.3) is 0 Å². The molecule has 0 spiro atoms. The highest BCUT2D eigenvalue weighted by Crippen LogP contribution is 2.34. The van der Waals surface area contributed by atoms with Crippen LogP contribution in [0.15, 0.2) is 54.6 Å². The van der Waals surface area contributed by atoms with Gasteiger partial charge >= 0.3 is 6.18 Å². The quantitative estimate of drug-likeness (QED) is 0.848. The van der Waals surface area contributed by atoms with Crippen molar-refractivity contribution in [2.75, 3.05) is 18.6 Å². The SMILES string of the molecule is COc1cccc(N2CC(C(=O)NC(c3ccccc3)C(F)(F)F)CC2=O)c1. The normalized spacial score (nSPS) is 18.1. The molecule has 0 aliphatic carbocycles. The molecule has 2 aromatic rings. The van der Waals surface area contributed by atoms with E-state index in [2.05, 4.69) is 5.32 Å². The summed E-state index contributed by atoms with van der Waals surface area (Å²) >= 11 is 0. The summed E-state index contributed by atoms with van der Waals surface area (Å²) in [7, 11) is 1.49. The maximum absolute atomic E-state index is 13.4. The molecule has 1 fully saturated rings. The third-order valence-corrected chi connectivity index (χ3v) is 4.61. The van der Waals surface area contributed by atoms with Gasteiger partial charge in [-0.2, -0.15) is 13.2 Å². The zero-order chi connectivity index (χ0) is 20.3. The van der Waals surface area contributed by atoms with Gasteiger partial charge < -0.3 is 15.0 Å². The number of ether oxygens (including phenoxy) is 1. The number of rotatable bonds is 5. The minimum absolute atomic E-state index is 0.0111. The van der Waals surface area contributed by atoms with Gasteiger partial charge in [-0.25, -0.2) is 0 Å². The van der Waals surface area contributed by atoms with Crippen molar-refractivity contribution in [3.63, 3.8) is 0 Å². The number of amides is 2. The molecule has 8 heteroatoms. The van der Waals surface area contributed by atoms with Gasteiger partial charge in [0.15, 0.2) is 6.04 Å². The first-order valence-corrected chi connectivity index (χ1v) is 8.66. The number of carbonyl (C=O) groups is 2. The predicted molar refractivity (Wildman–Crippen MR) is 96.8 cm³/mol. The Balaban J connectivity index is 1.74. The van der Waals surface area contributed by atoms with Crippen LogP contribution in [-0.4, -0.2) is 31.6 Å². The fourth-order valence-corrected chi connectivity index (χ4v) is 3.17. The van der Waals surface area contributed by atoms with Crippen molar-refractivity contribution in [3.8, 4) is 5.75 Å². The van der Waals surface area contributed by atoms with E-state index >= 15 is 0 Å². The predicted octanol–water partition coefficient (Wildman–Crippen LogP) is 3.47. The van der Waals surface area contributed by atoms with Gasteiger partial charge in [-0.1, -0.05) is 36.4 Å². The van der Waals surface area contributed by atoms with Crippen LogP contribution in [0.5, 0.6) is 5.75 Å². The van der Waals surface area contributed by atoms with Gasteiger partial charge in [0.25, 0.3) is 0 Å². The van der Waals surface area contributed by atoms with Gasteiger partial charge in [0, 0.05) is 24.7 Å². The number of anilines is 1. The highest BCUT2D eigenvalue weighted by atomic mass is 19.4. The number of alkyl halides is 3. The molecule has 148 valence electrons. The molecule has 0 aromatic heterocycles. The van der Waals surface area contributed by atoms with Gasteiger partial charge in [0.05, 0.1) is 13.0 Å². The van der Waals surface area contributed by atoms with E-state index in [1.807, 2.05) is 0 Å². The zero-order valence-corrected chi connectivity index (χ0v) is 15.1. The molecule has 1 aliphatic heterocycles. The van der Waals surface area contributed by atoms with Crippen molar-refractivity contribution in [1.29, 1.82) is 0 Å². The van der Waals surface area contributed by atoms with E-state index in [1.54, 1.807) is 30.3 Å². The summed E-state index contributed by atoms with van der Waals surface area (Å²) in [6.45, 7) is 0.0111. The smallest absolute Gasteiger partial charge is 0.412 e. The van der Waals surface area contributed by atoms with Crippen LogP contribution >= 0.6 is 0 Å². The van der Waals surface area contributed by atoms with Crippen LogP contribution in [0.2, 0.25) is 0 Å². The van der Waals surface area contributed by atoms with E-state index < -0.39 is 24.0 Å². The number of hydrogen-bond acceptors (Lipinski definition) is 3. The van der Waals surface area contributed by atoms with Gasteiger partial charge in [-0.15, -0.1) is 0 Å². The lowest BCUT2D eigenvalue weighted by molar-refractivity contribution is -0.164. The summed E-state index contributed by atoms with van der Waals surface area (Å²) < 4.78 is 45.5. The third-order valence-electron chi connectivity index (χ3n) is 4.61.